The number of carbonyl (C=O) groups excluding carboxylic acids is 1. The Morgan fingerprint density at radius 2 is 1.68 bits per heavy atom. The van der Waals surface area contributed by atoms with Crippen molar-refractivity contribution in [3.8, 4) is 0 Å². The number of nitrogens with two attached hydrogens (primary N) is 1. The van der Waals surface area contributed by atoms with Crippen LogP contribution >= 0.6 is 0 Å². The Hall–Kier alpha value is -3.29. The summed E-state index contributed by atoms with van der Waals surface area (Å²) in [5.41, 5.74) is 4.03. The van der Waals surface area contributed by atoms with Crippen LogP contribution in [0, 0.1) is 0 Å². The van der Waals surface area contributed by atoms with Gasteiger partial charge in [0, 0.05) is 22.1 Å². The van der Waals surface area contributed by atoms with E-state index in [9.17, 15) is 22.8 Å². The standard InChI is InChI=1S/C17H12F3N3O2/c18-17(19,20)14-8-7-11(16(25)23-14)15(24)22-13-6-2-3-9-10(13)4-1-5-12(9)21/h1-8H,21H2,(H,22,24)(H,23,25). The number of alkyl halides is 3. The molecule has 1 aromatic heterocycles. The fourth-order valence-corrected chi connectivity index (χ4v) is 2.45. The van der Waals surface area contributed by atoms with Crippen molar-refractivity contribution in [3.05, 3.63) is 70.1 Å². The average Bonchev–Trinajstić information content (AvgIpc) is 2.55. The second-order valence-electron chi connectivity index (χ2n) is 5.31. The molecule has 0 aliphatic heterocycles. The zero-order chi connectivity index (χ0) is 18.2. The minimum atomic E-state index is -4.69. The van der Waals surface area contributed by atoms with Crippen molar-refractivity contribution in [3.63, 3.8) is 0 Å². The maximum Gasteiger partial charge on any atom is 0.431 e. The number of amides is 1. The molecule has 25 heavy (non-hydrogen) atoms. The Balaban J connectivity index is 1.96. The summed E-state index contributed by atoms with van der Waals surface area (Å²) in [4.78, 5) is 25.7. The van der Waals surface area contributed by atoms with Gasteiger partial charge in [-0.2, -0.15) is 13.2 Å². The lowest BCUT2D eigenvalue weighted by atomic mass is 10.1. The molecule has 5 nitrogen and oxygen atoms in total. The number of hydrogen-bond donors (Lipinski definition) is 3. The number of halogens is 3. The van der Waals surface area contributed by atoms with E-state index in [1.54, 1.807) is 41.4 Å². The van der Waals surface area contributed by atoms with Gasteiger partial charge in [0.05, 0.1) is 0 Å². The van der Waals surface area contributed by atoms with Crippen LogP contribution in [0.15, 0.2) is 53.3 Å². The minimum Gasteiger partial charge on any atom is -0.398 e. The summed E-state index contributed by atoms with van der Waals surface area (Å²) >= 11 is 0. The number of carbonyl (C=O) groups is 1. The highest BCUT2D eigenvalue weighted by atomic mass is 19.4. The summed E-state index contributed by atoms with van der Waals surface area (Å²) < 4.78 is 37.7. The normalized spacial score (nSPS) is 11.5. The minimum absolute atomic E-state index is 0.397. The van der Waals surface area contributed by atoms with Gasteiger partial charge in [-0.05, 0) is 24.3 Å². The van der Waals surface area contributed by atoms with Crippen LogP contribution in [-0.4, -0.2) is 10.9 Å². The molecule has 0 spiro atoms. The highest BCUT2D eigenvalue weighted by Crippen LogP contribution is 2.28. The van der Waals surface area contributed by atoms with Gasteiger partial charge < -0.3 is 16.0 Å². The van der Waals surface area contributed by atoms with Crippen molar-refractivity contribution in [2.24, 2.45) is 0 Å². The Kier molecular flexibility index (Phi) is 3.96. The van der Waals surface area contributed by atoms with E-state index in [0.717, 1.165) is 6.07 Å². The van der Waals surface area contributed by atoms with Gasteiger partial charge in [0.25, 0.3) is 11.5 Å². The van der Waals surface area contributed by atoms with Crippen LogP contribution < -0.4 is 16.6 Å². The number of aromatic nitrogens is 1. The number of nitrogens with one attached hydrogen (secondary N) is 2. The fraction of sp³-hybridized carbons (Fsp3) is 0.0588. The Labute approximate surface area is 139 Å². The van der Waals surface area contributed by atoms with E-state index in [2.05, 4.69) is 5.32 Å². The molecule has 0 atom stereocenters. The summed E-state index contributed by atoms with van der Waals surface area (Å²) in [6, 6.07) is 11.7. The number of hydrogen-bond acceptors (Lipinski definition) is 3. The predicted molar refractivity (Wildman–Crippen MR) is 88.4 cm³/mol. The molecule has 128 valence electrons. The van der Waals surface area contributed by atoms with E-state index in [0.29, 0.717) is 28.2 Å². The summed E-state index contributed by atoms with van der Waals surface area (Å²) in [7, 11) is 0. The van der Waals surface area contributed by atoms with Gasteiger partial charge in [0.1, 0.15) is 11.3 Å². The first-order chi connectivity index (χ1) is 11.8. The lowest BCUT2D eigenvalue weighted by Crippen LogP contribution is -2.25. The average molecular weight is 347 g/mol. The van der Waals surface area contributed by atoms with E-state index in [-0.39, 0.29) is 0 Å². The molecule has 0 aliphatic carbocycles. The lowest BCUT2D eigenvalue weighted by Gasteiger charge is -2.10. The molecule has 0 unspecified atom stereocenters. The van der Waals surface area contributed by atoms with Crippen molar-refractivity contribution < 1.29 is 18.0 Å². The van der Waals surface area contributed by atoms with Crippen LogP contribution in [0.25, 0.3) is 10.8 Å². The molecule has 0 fully saturated rings. The number of pyridine rings is 1. The van der Waals surface area contributed by atoms with Crippen LogP contribution in [0.4, 0.5) is 24.5 Å². The molecule has 4 N–H and O–H groups in total. The largest absolute Gasteiger partial charge is 0.431 e. The van der Waals surface area contributed by atoms with E-state index in [1.807, 2.05) is 0 Å². The molecule has 1 amide bonds. The van der Waals surface area contributed by atoms with Gasteiger partial charge in [-0.1, -0.05) is 24.3 Å². The molecule has 0 aliphatic rings. The molecule has 3 rings (SSSR count). The molecule has 0 saturated carbocycles. The third-order valence-electron chi connectivity index (χ3n) is 3.66. The molecular weight excluding hydrogens is 335 g/mol. The van der Waals surface area contributed by atoms with Gasteiger partial charge in [-0.25, -0.2) is 0 Å². The zero-order valence-electron chi connectivity index (χ0n) is 12.6. The van der Waals surface area contributed by atoms with Gasteiger partial charge in [0.15, 0.2) is 0 Å². The maximum atomic E-state index is 12.6. The summed E-state index contributed by atoms with van der Waals surface area (Å²) in [6.07, 6.45) is -4.69. The van der Waals surface area contributed by atoms with E-state index < -0.39 is 28.9 Å². The van der Waals surface area contributed by atoms with Crippen LogP contribution in [0.3, 0.4) is 0 Å². The highest BCUT2D eigenvalue weighted by Gasteiger charge is 2.32. The number of aromatic amines is 1. The zero-order valence-corrected chi connectivity index (χ0v) is 12.6. The van der Waals surface area contributed by atoms with E-state index >= 15 is 0 Å². The molecule has 2 aromatic carbocycles. The number of fused-ring (bicyclic) bond motifs is 1. The first-order valence-electron chi connectivity index (χ1n) is 7.16. The number of nitrogen functional groups attached to an aromatic ring is 1. The lowest BCUT2D eigenvalue weighted by molar-refractivity contribution is -0.141. The second-order valence-corrected chi connectivity index (χ2v) is 5.31. The van der Waals surface area contributed by atoms with Crippen molar-refractivity contribution in [1.82, 2.24) is 4.98 Å². The third-order valence-corrected chi connectivity index (χ3v) is 3.66. The molecule has 1 heterocycles. The third kappa shape index (κ3) is 3.18. The molecule has 3 aromatic rings. The Morgan fingerprint density at radius 3 is 2.36 bits per heavy atom. The van der Waals surface area contributed by atoms with Crippen molar-refractivity contribution in [2.45, 2.75) is 6.18 Å². The number of benzene rings is 2. The molecular formula is C17H12F3N3O2. The molecule has 8 heteroatoms. The van der Waals surface area contributed by atoms with Gasteiger partial charge in [-0.15, -0.1) is 0 Å². The van der Waals surface area contributed by atoms with Gasteiger partial charge >= 0.3 is 6.18 Å². The smallest absolute Gasteiger partial charge is 0.398 e. The Bertz CT molecular complexity index is 1030. The summed E-state index contributed by atoms with van der Waals surface area (Å²) in [5, 5.41) is 3.89. The van der Waals surface area contributed by atoms with Crippen LogP contribution in [0.2, 0.25) is 0 Å². The number of H-pyrrole nitrogens is 1. The van der Waals surface area contributed by atoms with E-state index in [4.69, 9.17) is 5.73 Å². The van der Waals surface area contributed by atoms with E-state index in [1.165, 1.54) is 0 Å². The van der Waals surface area contributed by atoms with Crippen molar-refractivity contribution in [1.29, 1.82) is 0 Å². The quantitative estimate of drug-likeness (QED) is 0.621. The monoisotopic (exact) mass is 347 g/mol. The van der Waals surface area contributed by atoms with Gasteiger partial charge in [0.2, 0.25) is 0 Å². The van der Waals surface area contributed by atoms with Crippen LogP contribution in [0.1, 0.15) is 16.1 Å². The van der Waals surface area contributed by atoms with Crippen molar-refractivity contribution in [2.75, 3.05) is 11.1 Å². The van der Waals surface area contributed by atoms with Gasteiger partial charge in [-0.3, -0.25) is 9.59 Å². The predicted octanol–water partition coefficient (Wildman–Crippen LogP) is 3.38. The molecule has 0 radical (unpaired) electrons. The molecule has 0 bridgehead atoms. The van der Waals surface area contributed by atoms with Crippen LogP contribution in [-0.2, 0) is 6.18 Å². The summed E-state index contributed by atoms with van der Waals surface area (Å²) in [5.74, 6) is -0.815. The summed E-state index contributed by atoms with van der Waals surface area (Å²) in [6.45, 7) is 0. The number of anilines is 2. The number of rotatable bonds is 2. The molecule has 0 saturated heterocycles. The fourth-order valence-electron chi connectivity index (χ4n) is 2.45. The first kappa shape index (κ1) is 16.6. The SMILES string of the molecule is Nc1cccc2c(NC(=O)c3ccc(C(F)(F)F)[nH]c3=O)cccc12. The Morgan fingerprint density at radius 1 is 1.00 bits per heavy atom. The second kappa shape index (κ2) is 5.97. The van der Waals surface area contributed by atoms with Crippen LogP contribution in [0.5, 0.6) is 0 Å². The highest BCUT2D eigenvalue weighted by molar-refractivity contribution is 6.10. The maximum absolute atomic E-state index is 12.6. The first-order valence-corrected chi connectivity index (χ1v) is 7.16. The topological polar surface area (TPSA) is 88.0 Å². The van der Waals surface area contributed by atoms with Crippen molar-refractivity contribution >= 4 is 28.1 Å².